The number of ether oxygens (including phenoxy) is 1. The zero-order valence-corrected chi connectivity index (χ0v) is 16.7. The van der Waals surface area contributed by atoms with Gasteiger partial charge in [-0.15, -0.1) is 0 Å². The summed E-state index contributed by atoms with van der Waals surface area (Å²) in [7, 11) is 0. The first kappa shape index (κ1) is 19.6. The van der Waals surface area contributed by atoms with Crippen LogP contribution in [0.15, 0.2) is 24.3 Å². The summed E-state index contributed by atoms with van der Waals surface area (Å²) in [5.74, 6) is 0.431. The molecule has 0 aromatic heterocycles. The molecule has 2 fully saturated rings. The Bertz CT molecular complexity index is 807. The van der Waals surface area contributed by atoms with E-state index in [0.717, 1.165) is 50.9 Å². The molecule has 0 spiro atoms. The molecular formula is C22H28N4O3. The minimum absolute atomic E-state index is 0.00565. The van der Waals surface area contributed by atoms with Crippen LogP contribution in [0.4, 0.5) is 5.69 Å². The number of para-hydroxylation sites is 2. The molecule has 3 aliphatic rings. The highest BCUT2D eigenvalue weighted by Crippen LogP contribution is 2.34. The summed E-state index contributed by atoms with van der Waals surface area (Å²) in [6.07, 6.45) is 5.91. The minimum Gasteiger partial charge on any atom is -0.477 e. The van der Waals surface area contributed by atoms with Gasteiger partial charge in [0, 0.05) is 13.1 Å². The van der Waals surface area contributed by atoms with Crippen molar-refractivity contribution >= 4 is 17.5 Å². The molecule has 1 saturated carbocycles. The molecule has 2 amide bonds. The molecule has 154 valence electrons. The van der Waals surface area contributed by atoms with Gasteiger partial charge in [0.2, 0.25) is 5.91 Å². The third-order valence-corrected chi connectivity index (χ3v) is 6.19. The molecule has 0 bridgehead atoms. The Morgan fingerprint density at radius 2 is 1.86 bits per heavy atom. The Balaban J connectivity index is 1.48. The van der Waals surface area contributed by atoms with E-state index >= 15 is 0 Å². The average molecular weight is 396 g/mol. The first-order valence-electron chi connectivity index (χ1n) is 10.6. The number of rotatable bonds is 4. The number of hydrogen-bond acceptors (Lipinski definition) is 5. The van der Waals surface area contributed by atoms with Crippen molar-refractivity contribution in [1.29, 1.82) is 5.26 Å². The minimum atomic E-state index is -0.744. The number of benzene rings is 1. The zero-order chi connectivity index (χ0) is 20.3. The maximum atomic E-state index is 13.0. The lowest BCUT2D eigenvalue weighted by Crippen LogP contribution is -2.54. The molecule has 7 nitrogen and oxygen atoms in total. The van der Waals surface area contributed by atoms with Crippen molar-refractivity contribution in [2.24, 2.45) is 0 Å². The number of nitriles is 1. The fourth-order valence-electron chi connectivity index (χ4n) is 4.63. The number of amides is 2. The lowest BCUT2D eigenvalue weighted by molar-refractivity contribution is -0.139. The third-order valence-electron chi connectivity index (χ3n) is 6.19. The Kier molecular flexibility index (Phi) is 5.61. The quantitative estimate of drug-likeness (QED) is 0.843. The van der Waals surface area contributed by atoms with Crippen LogP contribution in [0.25, 0.3) is 0 Å². The number of nitrogens with one attached hydrogen (secondary N) is 1. The highest BCUT2D eigenvalue weighted by Gasteiger charge is 2.38. The maximum absolute atomic E-state index is 13.0. The van der Waals surface area contributed by atoms with Gasteiger partial charge >= 0.3 is 0 Å². The van der Waals surface area contributed by atoms with Crippen molar-refractivity contribution in [1.82, 2.24) is 10.2 Å². The Morgan fingerprint density at radius 1 is 1.14 bits per heavy atom. The van der Waals surface area contributed by atoms with Crippen LogP contribution in [0, 0.1) is 11.3 Å². The fraction of sp³-hybridized carbons (Fsp3) is 0.591. The smallest absolute Gasteiger partial charge is 0.265 e. The number of anilines is 1. The second-order valence-electron chi connectivity index (χ2n) is 8.29. The average Bonchev–Trinajstić information content (AvgIpc) is 3.22. The van der Waals surface area contributed by atoms with Gasteiger partial charge in [-0.1, -0.05) is 12.1 Å². The molecule has 7 heteroatoms. The summed E-state index contributed by atoms with van der Waals surface area (Å²) < 4.78 is 6.02. The molecule has 1 N–H and O–H groups in total. The number of carbonyl (C=O) groups is 2. The number of fused-ring (bicyclic) bond motifs is 1. The summed E-state index contributed by atoms with van der Waals surface area (Å²) in [4.78, 5) is 29.6. The normalized spacial score (nSPS) is 22.9. The van der Waals surface area contributed by atoms with E-state index in [1.165, 1.54) is 0 Å². The topological polar surface area (TPSA) is 85.7 Å². The van der Waals surface area contributed by atoms with Gasteiger partial charge in [0.25, 0.3) is 5.91 Å². The highest BCUT2D eigenvalue weighted by molar-refractivity contribution is 5.86. The second kappa shape index (κ2) is 8.32. The number of carbonyl (C=O) groups excluding carboxylic acids is 2. The number of likely N-dealkylation sites (tertiary alicyclic amines) is 1. The molecule has 1 aliphatic carbocycles. The van der Waals surface area contributed by atoms with Crippen molar-refractivity contribution in [2.75, 3.05) is 31.1 Å². The number of piperidine rings is 1. The van der Waals surface area contributed by atoms with E-state index in [-0.39, 0.29) is 18.4 Å². The van der Waals surface area contributed by atoms with Crippen LogP contribution in [0.2, 0.25) is 0 Å². The van der Waals surface area contributed by atoms with Crippen LogP contribution in [0.3, 0.4) is 0 Å². The zero-order valence-electron chi connectivity index (χ0n) is 16.7. The van der Waals surface area contributed by atoms with Crippen molar-refractivity contribution in [3.05, 3.63) is 24.3 Å². The van der Waals surface area contributed by atoms with Crippen molar-refractivity contribution < 1.29 is 14.3 Å². The van der Waals surface area contributed by atoms with Gasteiger partial charge in [0.1, 0.15) is 11.3 Å². The Labute approximate surface area is 171 Å². The van der Waals surface area contributed by atoms with Crippen molar-refractivity contribution in [3.8, 4) is 11.8 Å². The van der Waals surface area contributed by atoms with E-state index < -0.39 is 11.6 Å². The highest BCUT2D eigenvalue weighted by atomic mass is 16.5. The second-order valence-corrected chi connectivity index (χ2v) is 8.29. The monoisotopic (exact) mass is 396 g/mol. The predicted molar refractivity (Wildman–Crippen MR) is 108 cm³/mol. The summed E-state index contributed by atoms with van der Waals surface area (Å²) in [5, 5.41) is 12.5. The summed E-state index contributed by atoms with van der Waals surface area (Å²) >= 11 is 0. The molecule has 1 aromatic carbocycles. The van der Waals surface area contributed by atoms with E-state index in [1.54, 1.807) is 0 Å². The maximum Gasteiger partial charge on any atom is 0.265 e. The molecule has 1 saturated heterocycles. The largest absolute Gasteiger partial charge is 0.477 e. The van der Waals surface area contributed by atoms with Gasteiger partial charge in [0.15, 0.2) is 6.10 Å². The van der Waals surface area contributed by atoms with Gasteiger partial charge < -0.3 is 19.9 Å². The van der Waals surface area contributed by atoms with Gasteiger partial charge in [-0.3, -0.25) is 9.59 Å². The molecule has 29 heavy (non-hydrogen) atoms. The Morgan fingerprint density at radius 3 is 2.59 bits per heavy atom. The van der Waals surface area contributed by atoms with Crippen LogP contribution in [-0.2, 0) is 9.59 Å². The van der Waals surface area contributed by atoms with Crippen LogP contribution in [-0.4, -0.2) is 54.5 Å². The van der Waals surface area contributed by atoms with E-state index in [2.05, 4.69) is 11.4 Å². The number of nitrogens with zero attached hydrogens (tertiary/aromatic N) is 3. The van der Waals surface area contributed by atoms with Crippen LogP contribution >= 0.6 is 0 Å². The predicted octanol–water partition coefficient (Wildman–Crippen LogP) is 2.22. The SMILES string of the molecule is N#CC1(NC(=O)CN2C[C@H](C(=O)N3CCCCC3)Oc3ccccc32)CCCC1. The van der Waals surface area contributed by atoms with Gasteiger partial charge in [-0.2, -0.15) is 5.26 Å². The molecule has 0 unspecified atom stereocenters. The van der Waals surface area contributed by atoms with Crippen LogP contribution in [0.5, 0.6) is 5.75 Å². The Hall–Kier alpha value is -2.75. The van der Waals surface area contributed by atoms with Gasteiger partial charge in [0.05, 0.1) is 24.8 Å². The molecule has 4 rings (SSSR count). The van der Waals surface area contributed by atoms with E-state index in [4.69, 9.17) is 4.74 Å². The van der Waals surface area contributed by atoms with Gasteiger partial charge in [-0.25, -0.2) is 0 Å². The molecule has 0 radical (unpaired) electrons. The lowest BCUT2D eigenvalue weighted by atomic mass is 10.00. The van der Waals surface area contributed by atoms with Gasteiger partial charge in [-0.05, 0) is 57.1 Å². The standard InChI is InChI=1S/C22H28N4O3/c23-16-22(10-4-5-11-22)24-20(27)15-26-14-19(21(28)25-12-6-1-7-13-25)29-18-9-3-2-8-17(18)26/h2-3,8-9,19H,1,4-7,10-15H2,(H,24,27)/t19-/m1/s1. The third kappa shape index (κ3) is 4.16. The van der Waals surface area contributed by atoms with Crippen LogP contribution < -0.4 is 15.0 Å². The summed E-state index contributed by atoms with van der Waals surface area (Å²) in [6, 6.07) is 9.80. The fourth-order valence-corrected chi connectivity index (χ4v) is 4.63. The first-order chi connectivity index (χ1) is 14.1. The van der Waals surface area contributed by atoms with Crippen molar-refractivity contribution in [2.45, 2.75) is 56.6 Å². The van der Waals surface area contributed by atoms with E-state index in [1.807, 2.05) is 34.1 Å². The molecule has 1 atom stereocenters. The summed E-state index contributed by atoms with van der Waals surface area (Å²) in [6.45, 7) is 1.98. The summed E-state index contributed by atoms with van der Waals surface area (Å²) in [5.41, 5.74) is 0.0640. The molecule has 2 aliphatic heterocycles. The number of hydrogen-bond donors (Lipinski definition) is 1. The van der Waals surface area contributed by atoms with Crippen LogP contribution in [0.1, 0.15) is 44.9 Å². The molecule has 2 heterocycles. The van der Waals surface area contributed by atoms with Crippen molar-refractivity contribution in [3.63, 3.8) is 0 Å². The first-order valence-corrected chi connectivity index (χ1v) is 10.6. The van der Waals surface area contributed by atoms with E-state index in [0.29, 0.717) is 25.1 Å². The molecular weight excluding hydrogens is 368 g/mol. The molecule has 1 aromatic rings. The van der Waals surface area contributed by atoms with E-state index in [9.17, 15) is 14.9 Å². The lowest BCUT2D eigenvalue weighted by Gasteiger charge is -2.38.